The first-order valence-corrected chi connectivity index (χ1v) is 23.0. The Morgan fingerprint density at radius 1 is 0.611 bits per heavy atom. The smallest absolute Gasteiger partial charge is 0.258 e. The number of amides is 2. The predicted octanol–water partition coefficient (Wildman–Crippen LogP) is 7.00. The molecular weight excluding hydrogens is 927 g/mol. The Morgan fingerprint density at radius 3 is 1.46 bits per heavy atom. The van der Waals surface area contributed by atoms with E-state index in [9.17, 15) is 18.4 Å². The maximum atomic E-state index is 14.4. The summed E-state index contributed by atoms with van der Waals surface area (Å²) in [7, 11) is 4.32. The SMILES string of the molecule is COCC(=O)N(c1ccncc1)c1nc(-c2nn(Cc3ccccc3F)c3c2CCC3)nc(N)c1OC.COc1c(N)nc(-c2nn(Cc3ccccc3F)c3c2CCC3)nc1N(C(C)=O)c1ccncc1. The molecule has 2 aliphatic carbocycles. The minimum absolute atomic E-state index is 0.0576. The highest BCUT2D eigenvalue weighted by Gasteiger charge is 2.32. The average Bonchev–Trinajstić information content (AvgIpc) is 4.19. The number of hydrogen-bond donors (Lipinski definition) is 2. The molecule has 2 amide bonds. The number of methoxy groups -OCH3 is 3. The van der Waals surface area contributed by atoms with Crippen LogP contribution >= 0.6 is 0 Å². The average molecular weight is 977 g/mol. The van der Waals surface area contributed by atoms with Gasteiger partial charge in [0, 0.05) is 72.5 Å². The lowest BCUT2D eigenvalue weighted by Gasteiger charge is -2.24. The topological polar surface area (TPSA) is 233 Å². The molecule has 4 N–H and O–H groups in total. The van der Waals surface area contributed by atoms with Crippen molar-refractivity contribution in [2.24, 2.45) is 0 Å². The molecule has 0 radical (unpaired) electrons. The molecule has 21 heteroatoms. The number of pyridine rings is 2. The van der Waals surface area contributed by atoms with Gasteiger partial charge in [0.25, 0.3) is 5.91 Å². The highest BCUT2D eigenvalue weighted by Crippen LogP contribution is 2.41. The van der Waals surface area contributed by atoms with Crippen LogP contribution in [0.3, 0.4) is 0 Å². The van der Waals surface area contributed by atoms with E-state index in [4.69, 9.17) is 45.8 Å². The maximum Gasteiger partial charge on any atom is 0.258 e. The summed E-state index contributed by atoms with van der Waals surface area (Å²) in [5.74, 6) is 0.146. The fourth-order valence-corrected chi connectivity index (χ4v) is 9.04. The van der Waals surface area contributed by atoms with Crippen LogP contribution in [0.15, 0.2) is 97.6 Å². The minimum Gasteiger partial charge on any atom is -0.490 e. The number of nitrogens with two attached hydrogens (primary N) is 2. The van der Waals surface area contributed by atoms with Crippen molar-refractivity contribution in [3.63, 3.8) is 0 Å². The van der Waals surface area contributed by atoms with Crippen molar-refractivity contribution in [1.82, 2.24) is 49.5 Å². The molecule has 8 aromatic rings. The molecule has 0 bridgehead atoms. The van der Waals surface area contributed by atoms with E-state index in [2.05, 4.69) is 19.9 Å². The molecule has 0 aliphatic heterocycles. The number of carbonyl (C=O) groups is 2. The van der Waals surface area contributed by atoms with Gasteiger partial charge in [0.2, 0.25) is 17.4 Å². The Hall–Kier alpha value is -8.72. The number of nitrogens with zero attached hydrogens (tertiary/aromatic N) is 12. The molecule has 10 rings (SSSR count). The number of benzene rings is 2. The van der Waals surface area contributed by atoms with Crippen LogP contribution in [0.4, 0.5) is 43.4 Å². The molecule has 2 aromatic carbocycles. The number of halogens is 2. The van der Waals surface area contributed by atoms with Gasteiger partial charge in [-0.2, -0.15) is 10.2 Å². The third kappa shape index (κ3) is 9.60. The van der Waals surface area contributed by atoms with E-state index < -0.39 is 0 Å². The number of nitrogen functional groups attached to an aromatic ring is 2. The van der Waals surface area contributed by atoms with Crippen LogP contribution in [-0.2, 0) is 53.1 Å². The van der Waals surface area contributed by atoms with Gasteiger partial charge in [0.05, 0.1) is 38.7 Å². The number of anilines is 6. The molecule has 0 spiro atoms. The zero-order valence-corrected chi connectivity index (χ0v) is 39.9. The summed E-state index contributed by atoms with van der Waals surface area (Å²) in [5, 5.41) is 9.55. The Bertz CT molecular complexity index is 3280. The number of aromatic nitrogens is 10. The summed E-state index contributed by atoms with van der Waals surface area (Å²) < 4.78 is 48.4. The molecule has 2 aliphatic rings. The standard InChI is InChI=1S/C26H26FN7O3.C25H24FN7O2/c1-36-15-21(35)34(17-10-12-29-13-11-17)26-23(37-2)24(28)30-25(31-26)22-18-7-5-9-20(18)33(32-22)14-16-6-3-4-8-19(16)27;1-15(34)33(17-10-12-28-13-11-17)25-22(35-2)23(27)29-24(30-25)21-18-7-5-9-20(18)32(31-21)14-16-6-3-4-8-19(16)26/h3-4,6,8,10-13H,5,7,9,14-15H2,1-2H3,(H2,28,30,31);3-4,6,8,10-13H,5,7,9,14H2,1-2H3,(H2,27,29,30). The van der Waals surface area contributed by atoms with E-state index in [0.717, 1.165) is 61.0 Å². The van der Waals surface area contributed by atoms with E-state index in [1.807, 2.05) is 4.68 Å². The van der Waals surface area contributed by atoms with Gasteiger partial charge in [-0.15, -0.1) is 0 Å². The van der Waals surface area contributed by atoms with Crippen LogP contribution in [0, 0.1) is 11.6 Å². The first-order valence-electron chi connectivity index (χ1n) is 23.0. The predicted molar refractivity (Wildman–Crippen MR) is 264 cm³/mol. The van der Waals surface area contributed by atoms with Gasteiger partial charge >= 0.3 is 0 Å². The van der Waals surface area contributed by atoms with Crippen molar-refractivity contribution in [2.45, 2.75) is 58.5 Å². The largest absolute Gasteiger partial charge is 0.490 e. The number of ether oxygens (including phenoxy) is 3. The molecule has 6 aromatic heterocycles. The first-order chi connectivity index (χ1) is 35.0. The van der Waals surface area contributed by atoms with Crippen molar-refractivity contribution >= 4 is 46.5 Å². The van der Waals surface area contributed by atoms with Crippen molar-refractivity contribution in [3.8, 4) is 34.5 Å². The molecular formula is C51H50F2N14O5. The third-order valence-corrected chi connectivity index (χ3v) is 12.2. The quantitative estimate of drug-likeness (QED) is 0.112. The molecule has 0 saturated carbocycles. The third-order valence-electron chi connectivity index (χ3n) is 12.2. The van der Waals surface area contributed by atoms with Crippen LogP contribution in [-0.4, -0.2) is 89.2 Å². The second-order valence-electron chi connectivity index (χ2n) is 16.8. The molecule has 0 atom stereocenters. The summed E-state index contributed by atoms with van der Waals surface area (Å²) in [6, 6.07) is 20.0. The molecule has 0 fully saturated rings. The Kier molecular flexibility index (Phi) is 14.2. The van der Waals surface area contributed by atoms with Crippen molar-refractivity contribution in [1.29, 1.82) is 0 Å². The van der Waals surface area contributed by atoms with E-state index in [1.165, 1.54) is 50.2 Å². The van der Waals surface area contributed by atoms with Gasteiger partial charge in [0.15, 0.2) is 34.9 Å². The van der Waals surface area contributed by atoms with Crippen molar-refractivity contribution in [2.75, 3.05) is 49.2 Å². The summed E-state index contributed by atoms with van der Waals surface area (Å²) >= 11 is 0. The van der Waals surface area contributed by atoms with Crippen LogP contribution in [0.5, 0.6) is 11.5 Å². The van der Waals surface area contributed by atoms with Crippen LogP contribution in [0.25, 0.3) is 23.0 Å². The minimum atomic E-state index is -0.383. The van der Waals surface area contributed by atoms with E-state index >= 15 is 0 Å². The summed E-state index contributed by atoms with van der Waals surface area (Å²) in [6.07, 6.45) is 11.4. The van der Waals surface area contributed by atoms with Crippen molar-refractivity contribution in [3.05, 3.63) is 143 Å². The summed E-state index contributed by atoms with van der Waals surface area (Å²) in [6.45, 7) is 1.81. The van der Waals surface area contributed by atoms with Gasteiger partial charge in [-0.25, -0.2) is 28.7 Å². The molecule has 72 heavy (non-hydrogen) atoms. The van der Waals surface area contributed by atoms with Gasteiger partial charge in [0.1, 0.15) is 29.6 Å². The fraction of sp³-hybridized carbons (Fsp3) is 0.255. The normalized spacial score (nSPS) is 12.4. The second kappa shape index (κ2) is 21.1. The molecule has 0 saturated heterocycles. The zero-order chi connectivity index (χ0) is 50.5. The van der Waals surface area contributed by atoms with Crippen LogP contribution in [0.2, 0.25) is 0 Å². The lowest BCUT2D eigenvalue weighted by Crippen LogP contribution is -2.31. The van der Waals surface area contributed by atoms with Crippen LogP contribution < -0.4 is 30.7 Å². The Morgan fingerprint density at radius 2 is 1.04 bits per heavy atom. The van der Waals surface area contributed by atoms with Gasteiger partial charge < -0.3 is 25.7 Å². The number of hydrogen-bond acceptors (Lipinski definition) is 15. The molecule has 19 nitrogen and oxygen atoms in total. The van der Waals surface area contributed by atoms with Crippen LogP contribution in [0.1, 0.15) is 53.4 Å². The number of rotatable bonds is 14. The molecule has 0 unspecified atom stereocenters. The monoisotopic (exact) mass is 976 g/mol. The van der Waals surface area contributed by atoms with Gasteiger partial charge in [-0.1, -0.05) is 36.4 Å². The fourth-order valence-electron chi connectivity index (χ4n) is 9.04. The Labute approximate surface area is 412 Å². The molecule has 6 heterocycles. The second-order valence-corrected chi connectivity index (χ2v) is 16.8. The van der Waals surface area contributed by atoms with Crippen molar-refractivity contribution < 1.29 is 32.6 Å². The Balaban J connectivity index is 0.000000178. The van der Waals surface area contributed by atoms with E-state index in [1.54, 1.807) is 90.1 Å². The highest BCUT2D eigenvalue weighted by molar-refractivity contribution is 6.02. The zero-order valence-electron chi connectivity index (χ0n) is 39.9. The van der Waals surface area contributed by atoms with Gasteiger partial charge in [-0.3, -0.25) is 38.7 Å². The first kappa shape index (κ1) is 48.3. The lowest BCUT2D eigenvalue weighted by molar-refractivity contribution is -0.121. The summed E-state index contributed by atoms with van der Waals surface area (Å²) in [5.41, 5.74) is 19.9. The van der Waals surface area contributed by atoms with E-state index in [0.29, 0.717) is 40.4 Å². The maximum absolute atomic E-state index is 14.4. The number of carbonyl (C=O) groups excluding carboxylic acids is 2. The van der Waals surface area contributed by atoms with E-state index in [-0.39, 0.29) is 83.0 Å². The van der Waals surface area contributed by atoms with Gasteiger partial charge in [-0.05, 0) is 74.9 Å². The highest BCUT2D eigenvalue weighted by atomic mass is 19.1. The molecule has 368 valence electrons. The summed E-state index contributed by atoms with van der Waals surface area (Å²) in [4.78, 5) is 55.1. The number of fused-ring (bicyclic) bond motifs is 2. The lowest BCUT2D eigenvalue weighted by atomic mass is 10.2.